The Balaban J connectivity index is 2.34. The molecule has 0 spiro atoms. The van der Waals surface area contributed by atoms with E-state index < -0.39 is 12.2 Å². The zero-order chi connectivity index (χ0) is 12.4. The molecule has 0 radical (unpaired) electrons. The number of nitriles is 1. The molecule has 5 nitrogen and oxygen atoms in total. The van der Waals surface area contributed by atoms with Gasteiger partial charge in [0.2, 0.25) is 0 Å². The minimum atomic E-state index is -0.771. The van der Waals surface area contributed by atoms with Gasteiger partial charge in [0.05, 0.1) is 30.6 Å². The van der Waals surface area contributed by atoms with Gasteiger partial charge in [-0.1, -0.05) is 0 Å². The monoisotopic (exact) mass is 234 g/mol. The van der Waals surface area contributed by atoms with E-state index in [-0.39, 0.29) is 0 Å². The molecule has 2 atom stereocenters. The van der Waals surface area contributed by atoms with Crippen molar-refractivity contribution in [2.24, 2.45) is 0 Å². The summed E-state index contributed by atoms with van der Waals surface area (Å²) in [5.41, 5.74) is 1.19. The van der Waals surface area contributed by atoms with Gasteiger partial charge in [-0.25, -0.2) is 0 Å². The molecule has 1 fully saturated rings. The Bertz CT molecular complexity index is 446. The topological polar surface area (TPSA) is 76.7 Å². The number of methoxy groups -OCH3 is 1. The van der Waals surface area contributed by atoms with E-state index in [1.807, 2.05) is 0 Å². The van der Waals surface area contributed by atoms with E-state index in [0.29, 0.717) is 30.1 Å². The van der Waals surface area contributed by atoms with E-state index in [9.17, 15) is 10.2 Å². The van der Waals surface area contributed by atoms with Crippen LogP contribution < -0.4 is 9.64 Å². The van der Waals surface area contributed by atoms with Crippen LogP contribution >= 0.6 is 0 Å². The third-order valence-corrected chi connectivity index (χ3v) is 2.93. The first-order chi connectivity index (χ1) is 8.15. The highest BCUT2D eigenvalue weighted by atomic mass is 16.5. The smallest absolute Gasteiger partial charge is 0.121 e. The Morgan fingerprint density at radius 1 is 1.35 bits per heavy atom. The zero-order valence-corrected chi connectivity index (χ0v) is 9.50. The average molecular weight is 234 g/mol. The van der Waals surface area contributed by atoms with Crippen LogP contribution in [0.25, 0.3) is 0 Å². The van der Waals surface area contributed by atoms with Gasteiger partial charge in [0.25, 0.3) is 0 Å². The highest BCUT2D eigenvalue weighted by Gasteiger charge is 2.30. The Labute approximate surface area is 99.5 Å². The molecule has 0 amide bonds. The third-order valence-electron chi connectivity index (χ3n) is 2.93. The standard InChI is InChI=1S/C12H14N2O3/c1-17-9-3-2-8(5-13)10(4-9)14-6-11(15)12(16)7-14/h2-4,11-12,15-16H,6-7H2,1H3. The second kappa shape index (κ2) is 4.62. The molecule has 2 rings (SSSR count). The SMILES string of the molecule is COc1ccc(C#N)c(N2CC(O)C(O)C2)c1. The van der Waals surface area contributed by atoms with Crippen LogP contribution in [0.5, 0.6) is 5.75 Å². The van der Waals surface area contributed by atoms with Crippen molar-refractivity contribution in [2.75, 3.05) is 25.1 Å². The molecule has 2 N–H and O–H groups in total. The molecule has 5 heteroatoms. The van der Waals surface area contributed by atoms with Crippen LogP contribution in [0, 0.1) is 11.3 Å². The summed E-state index contributed by atoms with van der Waals surface area (Å²) in [5, 5.41) is 28.1. The van der Waals surface area contributed by atoms with E-state index in [4.69, 9.17) is 10.00 Å². The molecule has 0 bridgehead atoms. The van der Waals surface area contributed by atoms with E-state index in [2.05, 4.69) is 6.07 Å². The zero-order valence-electron chi connectivity index (χ0n) is 9.50. The van der Waals surface area contributed by atoms with Gasteiger partial charge in [-0.15, -0.1) is 0 Å². The van der Waals surface area contributed by atoms with Crippen LogP contribution in [0.4, 0.5) is 5.69 Å². The first-order valence-electron chi connectivity index (χ1n) is 5.35. The maximum atomic E-state index is 9.51. The molecule has 1 aliphatic heterocycles. The summed E-state index contributed by atoms with van der Waals surface area (Å²) >= 11 is 0. The van der Waals surface area contributed by atoms with E-state index in [1.165, 1.54) is 0 Å². The minimum absolute atomic E-state index is 0.322. The summed E-state index contributed by atoms with van der Waals surface area (Å²) in [7, 11) is 1.55. The number of hydrogen-bond donors (Lipinski definition) is 2. The molecular weight excluding hydrogens is 220 g/mol. The molecule has 90 valence electrons. The van der Waals surface area contributed by atoms with Crippen molar-refractivity contribution in [3.63, 3.8) is 0 Å². The van der Waals surface area contributed by atoms with Crippen LogP contribution in [0.15, 0.2) is 18.2 Å². The van der Waals surface area contributed by atoms with Crippen molar-refractivity contribution >= 4 is 5.69 Å². The van der Waals surface area contributed by atoms with E-state index in [1.54, 1.807) is 30.2 Å². The van der Waals surface area contributed by atoms with Crippen molar-refractivity contribution in [2.45, 2.75) is 12.2 Å². The van der Waals surface area contributed by atoms with Crippen LogP contribution in [0.3, 0.4) is 0 Å². The molecule has 1 aliphatic rings. The second-order valence-electron chi connectivity index (χ2n) is 4.03. The molecule has 1 aromatic carbocycles. The second-order valence-corrected chi connectivity index (χ2v) is 4.03. The summed E-state index contributed by atoms with van der Waals surface area (Å²) in [4.78, 5) is 1.79. The van der Waals surface area contributed by atoms with Crippen molar-refractivity contribution in [3.05, 3.63) is 23.8 Å². The van der Waals surface area contributed by atoms with Gasteiger partial charge in [0.15, 0.2) is 0 Å². The van der Waals surface area contributed by atoms with Gasteiger partial charge in [-0.05, 0) is 12.1 Å². The Morgan fingerprint density at radius 2 is 2.00 bits per heavy atom. The largest absolute Gasteiger partial charge is 0.497 e. The fourth-order valence-corrected chi connectivity index (χ4v) is 1.96. The third kappa shape index (κ3) is 2.18. The Morgan fingerprint density at radius 3 is 2.53 bits per heavy atom. The van der Waals surface area contributed by atoms with Crippen molar-refractivity contribution in [1.29, 1.82) is 5.26 Å². The van der Waals surface area contributed by atoms with Gasteiger partial charge in [-0.2, -0.15) is 5.26 Å². The first-order valence-corrected chi connectivity index (χ1v) is 5.35. The Hall–Kier alpha value is -1.77. The lowest BCUT2D eigenvalue weighted by Crippen LogP contribution is -2.22. The number of β-amino-alcohol motifs (C(OH)–C–C–N with tert-alkyl or cyclic N) is 2. The average Bonchev–Trinajstić information content (AvgIpc) is 2.68. The summed E-state index contributed by atoms with van der Waals surface area (Å²) in [6.07, 6.45) is -1.54. The molecule has 0 saturated carbocycles. The number of anilines is 1. The first kappa shape index (κ1) is 11.7. The normalized spacial score (nSPS) is 23.5. The van der Waals surface area contributed by atoms with Gasteiger partial charge in [-0.3, -0.25) is 0 Å². The van der Waals surface area contributed by atoms with Gasteiger partial charge in [0, 0.05) is 19.2 Å². The number of hydrogen-bond acceptors (Lipinski definition) is 5. The van der Waals surface area contributed by atoms with Gasteiger partial charge >= 0.3 is 0 Å². The lowest BCUT2D eigenvalue weighted by atomic mass is 10.1. The van der Waals surface area contributed by atoms with Crippen LogP contribution in [-0.2, 0) is 0 Å². The number of rotatable bonds is 2. The molecule has 1 saturated heterocycles. The lowest BCUT2D eigenvalue weighted by Gasteiger charge is -2.19. The quantitative estimate of drug-likeness (QED) is 0.759. The van der Waals surface area contributed by atoms with Crippen LogP contribution in [0.2, 0.25) is 0 Å². The fourth-order valence-electron chi connectivity index (χ4n) is 1.96. The van der Waals surface area contributed by atoms with Gasteiger partial charge in [0.1, 0.15) is 11.8 Å². The van der Waals surface area contributed by atoms with Crippen LogP contribution in [-0.4, -0.2) is 42.6 Å². The van der Waals surface area contributed by atoms with Crippen molar-refractivity contribution < 1.29 is 14.9 Å². The number of aliphatic hydroxyl groups is 2. The predicted molar refractivity (Wildman–Crippen MR) is 61.9 cm³/mol. The maximum absolute atomic E-state index is 9.51. The number of ether oxygens (including phenoxy) is 1. The highest BCUT2D eigenvalue weighted by molar-refractivity contribution is 5.63. The molecule has 1 aromatic rings. The molecular formula is C12H14N2O3. The summed E-state index contributed by atoms with van der Waals surface area (Å²) in [6, 6.07) is 7.22. The van der Waals surface area contributed by atoms with E-state index in [0.717, 1.165) is 0 Å². The summed E-state index contributed by atoms with van der Waals surface area (Å²) < 4.78 is 5.11. The van der Waals surface area contributed by atoms with Crippen LogP contribution in [0.1, 0.15) is 5.56 Å². The van der Waals surface area contributed by atoms with Gasteiger partial charge < -0.3 is 19.8 Å². The minimum Gasteiger partial charge on any atom is -0.497 e. The number of benzene rings is 1. The van der Waals surface area contributed by atoms with E-state index >= 15 is 0 Å². The molecule has 0 aliphatic carbocycles. The Kier molecular flexibility index (Phi) is 3.18. The lowest BCUT2D eigenvalue weighted by molar-refractivity contribution is 0.0572. The molecule has 0 aromatic heterocycles. The molecule has 1 heterocycles. The fraction of sp³-hybridized carbons (Fsp3) is 0.417. The molecule has 2 unspecified atom stereocenters. The molecule has 17 heavy (non-hydrogen) atoms. The summed E-state index contributed by atoms with van der Waals surface area (Å²) in [5.74, 6) is 0.648. The van der Waals surface area contributed by atoms with Crippen molar-refractivity contribution in [1.82, 2.24) is 0 Å². The number of nitrogens with zero attached hydrogens (tertiary/aromatic N) is 2. The van der Waals surface area contributed by atoms with Crippen molar-refractivity contribution in [3.8, 4) is 11.8 Å². The number of aliphatic hydroxyl groups excluding tert-OH is 2. The maximum Gasteiger partial charge on any atom is 0.121 e. The highest BCUT2D eigenvalue weighted by Crippen LogP contribution is 2.28. The predicted octanol–water partition coefficient (Wildman–Crippen LogP) is 0.109. The summed E-state index contributed by atoms with van der Waals surface area (Å²) in [6.45, 7) is 0.645.